The number of imide groups is 1. The largest absolute Gasteiger partial charge is 0.454 e. The molecule has 3 heterocycles. The molecule has 25 heavy (non-hydrogen) atoms. The number of amides is 3. The third-order valence-corrected chi connectivity index (χ3v) is 3.95. The molecule has 0 radical (unpaired) electrons. The van der Waals surface area contributed by atoms with E-state index >= 15 is 0 Å². The molecule has 2 aliphatic heterocycles. The number of carbonyl (C=O) groups is 3. The fourth-order valence-corrected chi connectivity index (χ4v) is 2.73. The number of nitrogens with one attached hydrogen (secondary N) is 1. The van der Waals surface area contributed by atoms with Crippen molar-refractivity contribution in [2.24, 2.45) is 0 Å². The Kier molecular flexibility index (Phi) is 3.57. The van der Waals surface area contributed by atoms with Gasteiger partial charge in [0.05, 0.1) is 5.56 Å². The summed E-state index contributed by atoms with van der Waals surface area (Å²) in [7, 11) is 0. The minimum Gasteiger partial charge on any atom is -0.454 e. The predicted octanol–water partition coefficient (Wildman–Crippen LogP) is 1.44. The van der Waals surface area contributed by atoms with E-state index in [4.69, 9.17) is 9.47 Å². The van der Waals surface area contributed by atoms with Gasteiger partial charge in [-0.25, -0.2) is 0 Å². The number of carbonyl (C=O) groups excluding carboxylic acids is 3. The highest BCUT2D eigenvalue weighted by Crippen LogP contribution is 2.34. The number of hydrogen-bond donors (Lipinski definition) is 1. The van der Waals surface area contributed by atoms with Crippen LogP contribution in [-0.4, -0.2) is 40.9 Å². The fourth-order valence-electron chi connectivity index (χ4n) is 2.73. The number of hydrogen-bond acceptors (Lipinski definition) is 6. The van der Waals surface area contributed by atoms with Crippen molar-refractivity contribution in [1.29, 1.82) is 0 Å². The van der Waals surface area contributed by atoms with Crippen LogP contribution in [0, 0.1) is 0 Å². The molecule has 0 fully saturated rings. The first-order valence-electron chi connectivity index (χ1n) is 7.64. The van der Waals surface area contributed by atoms with Gasteiger partial charge in [-0.2, -0.15) is 0 Å². The molecule has 1 aromatic carbocycles. The minimum absolute atomic E-state index is 0.00951. The summed E-state index contributed by atoms with van der Waals surface area (Å²) in [6.45, 7) is 0.144. The van der Waals surface area contributed by atoms with Crippen molar-refractivity contribution < 1.29 is 23.9 Å². The van der Waals surface area contributed by atoms with Crippen LogP contribution in [0.15, 0.2) is 36.5 Å². The van der Waals surface area contributed by atoms with Crippen molar-refractivity contribution in [3.05, 3.63) is 47.8 Å². The average molecular weight is 339 g/mol. The summed E-state index contributed by atoms with van der Waals surface area (Å²) in [6.07, 6.45) is 1.44. The molecule has 0 spiro atoms. The molecular formula is C17H13N3O5. The van der Waals surface area contributed by atoms with Gasteiger partial charge in [0.15, 0.2) is 11.5 Å². The molecule has 1 N–H and O–H groups in total. The molecule has 4 rings (SSSR count). The Morgan fingerprint density at radius 2 is 2.00 bits per heavy atom. The van der Waals surface area contributed by atoms with E-state index in [9.17, 15) is 14.4 Å². The molecule has 8 heteroatoms. The summed E-state index contributed by atoms with van der Waals surface area (Å²) >= 11 is 0. The van der Waals surface area contributed by atoms with Crippen LogP contribution in [0.25, 0.3) is 0 Å². The Hall–Kier alpha value is -3.42. The lowest BCUT2D eigenvalue weighted by Crippen LogP contribution is -2.33. The lowest BCUT2D eigenvalue weighted by Gasteiger charge is -2.13. The first kappa shape index (κ1) is 15.1. The quantitative estimate of drug-likeness (QED) is 0.847. The highest BCUT2D eigenvalue weighted by Gasteiger charge is 2.36. The maximum Gasteiger partial charge on any atom is 0.280 e. The zero-order valence-electron chi connectivity index (χ0n) is 13.0. The van der Waals surface area contributed by atoms with Gasteiger partial charge in [-0.1, -0.05) is 0 Å². The molecule has 8 nitrogen and oxygen atoms in total. The molecule has 0 saturated carbocycles. The third-order valence-electron chi connectivity index (χ3n) is 3.95. The van der Waals surface area contributed by atoms with E-state index in [1.807, 2.05) is 0 Å². The van der Waals surface area contributed by atoms with Gasteiger partial charge < -0.3 is 14.8 Å². The smallest absolute Gasteiger partial charge is 0.280 e. The second kappa shape index (κ2) is 5.90. The summed E-state index contributed by atoms with van der Waals surface area (Å²) in [5, 5.41) is 2.71. The number of anilines is 1. The van der Waals surface area contributed by atoms with E-state index in [0.29, 0.717) is 17.2 Å². The Balaban J connectivity index is 1.38. The highest BCUT2D eigenvalue weighted by atomic mass is 16.7. The van der Waals surface area contributed by atoms with Crippen LogP contribution in [0.3, 0.4) is 0 Å². The summed E-state index contributed by atoms with van der Waals surface area (Å²) in [5.41, 5.74) is 0.950. The van der Waals surface area contributed by atoms with Crippen LogP contribution < -0.4 is 14.8 Å². The van der Waals surface area contributed by atoms with E-state index in [1.165, 1.54) is 6.20 Å². The summed E-state index contributed by atoms with van der Waals surface area (Å²) in [4.78, 5) is 41.5. The SMILES string of the molecule is O=C(CCN1C(=O)c2cccnc2C1=O)Nc1ccc2c(c1)OCO2. The summed E-state index contributed by atoms with van der Waals surface area (Å²) < 4.78 is 10.5. The number of rotatable bonds is 4. The standard InChI is InChI=1S/C17H13N3O5/c21-14(19-10-3-4-12-13(8-10)25-9-24-12)5-7-20-16(22)11-2-1-6-18-15(11)17(20)23/h1-4,6,8H,5,7,9H2,(H,19,21). The van der Waals surface area contributed by atoms with Gasteiger partial charge in [-0.05, 0) is 24.3 Å². The Labute approximate surface area is 142 Å². The average Bonchev–Trinajstić information content (AvgIpc) is 3.17. The molecule has 1 aromatic heterocycles. The fraction of sp³-hybridized carbons (Fsp3) is 0.176. The van der Waals surface area contributed by atoms with Crippen molar-refractivity contribution in [2.75, 3.05) is 18.7 Å². The second-order valence-electron chi connectivity index (χ2n) is 5.53. The van der Waals surface area contributed by atoms with E-state index in [0.717, 1.165) is 4.90 Å². The predicted molar refractivity (Wildman–Crippen MR) is 85.4 cm³/mol. The van der Waals surface area contributed by atoms with Crippen molar-refractivity contribution in [1.82, 2.24) is 9.88 Å². The van der Waals surface area contributed by atoms with E-state index in [-0.39, 0.29) is 36.9 Å². The number of fused-ring (bicyclic) bond motifs is 2. The summed E-state index contributed by atoms with van der Waals surface area (Å²) in [6, 6.07) is 8.20. The molecule has 0 atom stereocenters. The van der Waals surface area contributed by atoms with Crippen LogP contribution in [-0.2, 0) is 4.79 Å². The van der Waals surface area contributed by atoms with E-state index in [2.05, 4.69) is 10.3 Å². The van der Waals surface area contributed by atoms with Crippen LogP contribution >= 0.6 is 0 Å². The van der Waals surface area contributed by atoms with Crippen molar-refractivity contribution in [3.8, 4) is 11.5 Å². The minimum atomic E-state index is -0.475. The van der Waals surface area contributed by atoms with Crippen molar-refractivity contribution >= 4 is 23.4 Å². The van der Waals surface area contributed by atoms with E-state index in [1.54, 1.807) is 30.3 Å². The van der Waals surface area contributed by atoms with Gasteiger partial charge in [0.1, 0.15) is 5.69 Å². The number of benzene rings is 1. The molecule has 0 aliphatic carbocycles. The number of ether oxygens (including phenoxy) is 2. The molecule has 126 valence electrons. The zero-order chi connectivity index (χ0) is 17.4. The normalized spacial score (nSPS) is 14.6. The highest BCUT2D eigenvalue weighted by molar-refractivity contribution is 6.20. The van der Waals surface area contributed by atoms with Gasteiger partial charge in [0, 0.05) is 30.9 Å². The first-order chi connectivity index (χ1) is 12.1. The number of aromatic nitrogens is 1. The molecule has 0 bridgehead atoms. The lowest BCUT2D eigenvalue weighted by atomic mass is 10.2. The zero-order valence-corrected chi connectivity index (χ0v) is 13.0. The van der Waals surface area contributed by atoms with Gasteiger partial charge in [0.25, 0.3) is 11.8 Å². The van der Waals surface area contributed by atoms with Gasteiger partial charge in [-0.15, -0.1) is 0 Å². The van der Waals surface area contributed by atoms with E-state index < -0.39 is 11.8 Å². The molecule has 2 aromatic rings. The Bertz CT molecular complexity index is 861. The van der Waals surface area contributed by atoms with Crippen LogP contribution in [0.2, 0.25) is 0 Å². The van der Waals surface area contributed by atoms with Crippen molar-refractivity contribution in [2.45, 2.75) is 6.42 Å². The first-order valence-corrected chi connectivity index (χ1v) is 7.64. The number of pyridine rings is 1. The van der Waals surface area contributed by atoms with Crippen LogP contribution in [0.4, 0.5) is 5.69 Å². The Morgan fingerprint density at radius 1 is 1.16 bits per heavy atom. The monoisotopic (exact) mass is 339 g/mol. The van der Waals surface area contributed by atoms with Crippen LogP contribution in [0.5, 0.6) is 11.5 Å². The van der Waals surface area contributed by atoms with Gasteiger partial charge in [0.2, 0.25) is 12.7 Å². The molecule has 0 unspecified atom stereocenters. The lowest BCUT2D eigenvalue weighted by molar-refractivity contribution is -0.116. The van der Waals surface area contributed by atoms with Crippen LogP contribution in [0.1, 0.15) is 27.3 Å². The topological polar surface area (TPSA) is 97.8 Å². The molecular weight excluding hydrogens is 326 g/mol. The van der Waals surface area contributed by atoms with Gasteiger partial charge >= 0.3 is 0 Å². The van der Waals surface area contributed by atoms with Gasteiger partial charge in [-0.3, -0.25) is 24.3 Å². The molecule has 3 amide bonds. The molecule has 2 aliphatic rings. The molecule has 0 saturated heterocycles. The third kappa shape index (κ3) is 2.67. The Morgan fingerprint density at radius 3 is 2.84 bits per heavy atom. The second-order valence-corrected chi connectivity index (χ2v) is 5.53. The maximum atomic E-state index is 12.2. The number of nitrogens with zero attached hydrogens (tertiary/aromatic N) is 2. The maximum absolute atomic E-state index is 12.2. The summed E-state index contributed by atoms with van der Waals surface area (Å²) in [5.74, 6) is -0.0374. The van der Waals surface area contributed by atoms with Crippen molar-refractivity contribution in [3.63, 3.8) is 0 Å².